The van der Waals surface area contributed by atoms with Crippen LogP contribution < -0.4 is 5.32 Å². The van der Waals surface area contributed by atoms with Gasteiger partial charge < -0.3 is 15.0 Å². The first-order valence-electron chi connectivity index (χ1n) is 8.49. The Morgan fingerprint density at radius 1 is 1.32 bits per heavy atom. The molecule has 1 N–H and O–H groups in total. The van der Waals surface area contributed by atoms with Gasteiger partial charge in [-0.05, 0) is 30.5 Å². The molecule has 2 aromatic rings. The van der Waals surface area contributed by atoms with Crippen LogP contribution in [0, 0.1) is 5.82 Å². The SMILES string of the molecule is O=C(NCc1ccccc1F)N(Cc1cccnc1)C[C@@H]1CCCO1. The van der Waals surface area contributed by atoms with E-state index in [0.29, 0.717) is 18.7 Å². The molecule has 6 heteroatoms. The van der Waals surface area contributed by atoms with Crippen molar-refractivity contribution in [2.45, 2.75) is 32.0 Å². The molecule has 1 aliphatic heterocycles. The van der Waals surface area contributed by atoms with Crippen LogP contribution in [0.1, 0.15) is 24.0 Å². The lowest BCUT2D eigenvalue weighted by atomic mass is 10.2. The van der Waals surface area contributed by atoms with Crippen molar-refractivity contribution in [3.05, 3.63) is 65.7 Å². The predicted octanol–water partition coefficient (Wildman–Crippen LogP) is 3.11. The van der Waals surface area contributed by atoms with Crippen LogP contribution in [0.25, 0.3) is 0 Å². The maximum Gasteiger partial charge on any atom is 0.318 e. The summed E-state index contributed by atoms with van der Waals surface area (Å²) < 4.78 is 19.4. The topological polar surface area (TPSA) is 54.5 Å². The Kier molecular flexibility index (Phi) is 5.95. The van der Waals surface area contributed by atoms with Crippen LogP contribution in [0.4, 0.5) is 9.18 Å². The van der Waals surface area contributed by atoms with Gasteiger partial charge in [-0.1, -0.05) is 24.3 Å². The highest BCUT2D eigenvalue weighted by Gasteiger charge is 2.23. The van der Waals surface area contributed by atoms with Gasteiger partial charge in [-0.3, -0.25) is 4.98 Å². The van der Waals surface area contributed by atoms with Crippen LogP contribution in [0.2, 0.25) is 0 Å². The molecular formula is C19H22FN3O2. The first kappa shape index (κ1) is 17.4. The van der Waals surface area contributed by atoms with Crippen molar-refractivity contribution in [1.29, 1.82) is 0 Å². The fraction of sp³-hybridized carbons (Fsp3) is 0.368. The predicted molar refractivity (Wildman–Crippen MR) is 92.3 cm³/mol. The van der Waals surface area contributed by atoms with Crippen molar-refractivity contribution in [3.8, 4) is 0 Å². The van der Waals surface area contributed by atoms with E-state index >= 15 is 0 Å². The number of nitrogens with one attached hydrogen (secondary N) is 1. The Labute approximate surface area is 146 Å². The van der Waals surface area contributed by atoms with E-state index in [-0.39, 0.29) is 24.5 Å². The Morgan fingerprint density at radius 2 is 2.20 bits per heavy atom. The quantitative estimate of drug-likeness (QED) is 0.877. The molecule has 1 fully saturated rings. The summed E-state index contributed by atoms with van der Waals surface area (Å²) in [5, 5.41) is 2.81. The van der Waals surface area contributed by atoms with Gasteiger partial charge in [0, 0.05) is 44.2 Å². The monoisotopic (exact) mass is 343 g/mol. The molecule has 0 spiro atoms. The molecular weight excluding hydrogens is 321 g/mol. The van der Waals surface area contributed by atoms with Gasteiger partial charge in [-0.2, -0.15) is 0 Å². The van der Waals surface area contributed by atoms with Gasteiger partial charge in [0.15, 0.2) is 0 Å². The number of carbonyl (C=O) groups is 1. The van der Waals surface area contributed by atoms with Gasteiger partial charge in [-0.25, -0.2) is 9.18 Å². The van der Waals surface area contributed by atoms with Crippen LogP contribution in [-0.2, 0) is 17.8 Å². The van der Waals surface area contributed by atoms with E-state index in [4.69, 9.17) is 4.74 Å². The number of ether oxygens (including phenoxy) is 1. The van der Waals surface area contributed by atoms with Gasteiger partial charge in [-0.15, -0.1) is 0 Å². The standard InChI is InChI=1S/C19H22FN3O2/c20-18-8-2-1-6-16(18)12-22-19(24)23(14-17-7-4-10-25-17)13-15-5-3-9-21-11-15/h1-3,5-6,8-9,11,17H,4,7,10,12-14H2,(H,22,24)/t17-/m0/s1. The Morgan fingerprint density at radius 3 is 2.92 bits per heavy atom. The summed E-state index contributed by atoms with van der Waals surface area (Å²) >= 11 is 0. The minimum atomic E-state index is -0.319. The lowest BCUT2D eigenvalue weighted by molar-refractivity contribution is 0.0794. The number of pyridine rings is 1. The Balaban J connectivity index is 1.64. The summed E-state index contributed by atoms with van der Waals surface area (Å²) in [6.45, 7) is 1.84. The van der Waals surface area contributed by atoms with Crippen LogP contribution in [0.3, 0.4) is 0 Å². The molecule has 1 aliphatic rings. The lowest BCUT2D eigenvalue weighted by Crippen LogP contribution is -2.43. The third kappa shape index (κ3) is 5.00. The summed E-state index contributed by atoms with van der Waals surface area (Å²) in [6, 6.07) is 9.98. The molecule has 0 unspecified atom stereocenters. The minimum absolute atomic E-state index is 0.0517. The van der Waals surface area contributed by atoms with Crippen LogP contribution in [0.15, 0.2) is 48.8 Å². The molecule has 0 aliphatic carbocycles. The highest BCUT2D eigenvalue weighted by atomic mass is 19.1. The Bertz CT molecular complexity index is 690. The van der Waals surface area contributed by atoms with Crippen LogP contribution in [0.5, 0.6) is 0 Å². The molecule has 3 rings (SSSR count). The van der Waals surface area contributed by atoms with Crippen molar-refractivity contribution in [3.63, 3.8) is 0 Å². The average molecular weight is 343 g/mol. The number of hydrogen-bond acceptors (Lipinski definition) is 3. The molecule has 2 amide bonds. The molecule has 0 radical (unpaired) electrons. The molecule has 5 nitrogen and oxygen atoms in total. The van der Waals surface area contributed by atoms with Gasteiger partial charge in [0.05, 0.1) is 6.10 Å². The first-order valence-corrected chi connectivity index (χ1v) is 8.49. The summed E-state index contributed by atoms with van der Waals surface area (Å²) in [7, 11) is 0. The molecule has 1 atom stereocenters. The number of halogens is 1. The number of carbonyl (C=O) groups excluding carboxylic acids is 1. The highest BCUT2D eigenvalue weighted by molar-refractivity contribution is 5.74. The van der Waals surface area contributed by atoms with E-state index in [1.165, 1.54) is 6.07 Å². The van der Waals surface area contributed by atoms with Crippen LogP contribution >= 0.6 is 0 Å². The normalized spacial score (nSPS) is 16.6. The number of amides is 2. The number of nitrogens with zero attached hydrogens (tertiary/aromatic N) is 2. The minimum Gasteiger partial charge on any atom is -0.376 e. The first-order chi connectivity index (χ1) is 12.2. The maximum atomic E-state index is 13.7. The molecule has 0 bridgehead atoms. The van der Waals surface area contributed by atoms with Crippen molar-refractivity contribution < 1.29 is 13.9 Å². The summed E-state index contributed by atoms with van der Waals surface area (Å²) in [4.78, 5) is 18.4. The van der Waals surface area contributed by atoms with E-state index in [1.807, 2.05) is 12.1 Å². The summed E-state index contributed by atoms with van der Waals surface area (Å²) in [5.41, 5.74) is 1.41. The van der Waals surface area contributed by atoms with Gasteiger partial charge in [0.1, 0.15) is 5.82 Å². The molecule has 132 valence electrons. The molecule has 1 aromatic carbocycles. The number of benzene rings is 1. The van der Waals surface area contributed by atoms with Crippen LogP contribution in [-0.4, -0.2) is 35.2 Å². The van der Waals surface area contributed by atoms with Gasteiger partial charge in [0.2, 0.25) is 0 Å². The van der Waals surface area contributed by atoms with Crippen molar-refractivity contribution in [2.75, 3.05) is 13.2 Å². The maximum absolute atomic E-state index is 13.7. The number of rotatable bonds is 6. The van der Waals surface area contributed by atoms with E-state index in [2.05, 4.69) is 10.3 Å². The van der Waals surface area contributed by atoms with Gasteiger partial charge in [0.25, 0.3) is 0 Å². The number of aromatic nitrogens is 1. The molecule has 1 saturated heterocycles. The zero-order valence-electron chi connectivity index (χ0n) is 14.0. The zero-order valence-corrected chi connectivity index (χ0v) is 14.0. The van der Waals surface area contributed by atoms with E-state index in [0.717, 1.165) is 25.0 Å². The molecule has 25 heavy (non-hydrogen) atoms. The zero-order chi connectivity index (χ0) is 17.5. The smallest absolute Gasteiger partial charge is 0.318 e. The average Bonchev–Trinajstić information content (AvgIpc) is 3.14. The second-order valence-electron chi connectivity index (χ2n) is 6.13. The number of urea groups is 1. The van der Waals surface area contributed by atoms with E-state index in [9.17, 15) is 9.18 Å². The van der Waals surface area contributed by atoms with Gasteiger partial charge >= 0.3 is 6.03 Å². The van der Waals surface area contributed by atoms with Crippen molar-refractivity contribution in [2.24, 2.45) is 0 Å². The summed E-state index contributed by atoms with van der Waals surface area (Å²) in [6.07, 6.45) is 5.46. The van der Waals surface area contributed by atoms with E-state index in [1.54, 1.807) is 35.5 Å². The Hall–Kier alpha value is -2.47. The van der Waals surface area contributed by atoms with Crippen molar-refractivity contribution in [1.82, 2.24) is 15.2 Å². The largest absolute Gasteiger partial charge is 0.376 e. The molecule has 0 saturated carbocycles. The number of hydrogen-bond donors (Lipinski definition) is 1. The molecule has 1 aromatic heterocycles. The highest BCUT2D eigenvalue weighted by Crippen LogP contribution is 2.15. The third-order valence-corrected chi connectivity index (χ3v) is 4.22. The third-order valence-electron chi connectivity index (χ3n) is 4.22. The van der Waals surface area contributed by atoms with Crippen molar-refractivity contribution >= 4 is 6.03 Å². The molecule has 2 heterocycles. The van der Waals surface area contributed by atoms with E-state index < -0.39 is 0 Å². The second-order valence-corrected chi connectivity index (χ2v) is 6.13. The fourth-order valence-corrected chi connectivity index (χ4v) is 2.89. The summed E-state index contributed by atoms with van der Waals surface area (Å²) in [5.74, 6) is -0.319. The lowest BCUT2D eigenvalue weighted by Gasteiger charge is -2.26. The fourth-order valence-electron chi connectivity index (χ4n) is 2.89. The second kappa shape index (κ2) is 8.58.